The van der Waals surface area contributed by atoms with Gasteiger partial charge in [0.2, 0.25) is 0 Å². The molecule has 19 heavy (non-hydrogen) atoms. The Morgan fingerprint density at radius 3 is 2.68 bits per heavy atom. The highest BCUT2D eigenvalue weighted by Crippen LogP contribution is 2.24. The summed E-state index contributed by atoms with van der Waals surface area (Å²) < 4.78 is 20.3. The summed E-state index contributed by atoms with van der Waals surface area (Å²) in [5.74, 6) is -2.32. The number of ether oxygens (including phenoxy) is 1. The van der Waals surface area contributed by atoms with Crippen molar-refractivity contribution >= 4 is 22.7 Å². The zero-order chi connectivity index (χ0) is 14.2. The van der Waals surface area contributed by atoms with Crippen LogP contribution in [0, 0.1) is 12.7 Å². The maximum absolute atomic E-state index is 14.0. The van der Waals surface area contributed by atoms with E-state index in [1.54, 1.807) is 24.7 Å². The summed E-state index contributed by atoms with van der Waals surface area (Å²) in [5.41, 5.74) is 1.27. The van der Waals surface area contributed by atoms with Gasteiger partial charge in [-0.1, -0.05) is 0 Å². The van der Waals surface area contributed by atoms with Gasteiger partial charge in [-0.05, 0) is 31.5 Å². The van der Waals surface area contributed by atoms with Crippen molar-refractivity contribution in [3.8, 4) is 0 Å². The molecule has 100 valence electrons. The number of fused-ring (bicyclic) bond motifs is 1. The predicted molar refractivity (Wildman–Crippen MR) is 68.6 cm³/mol. The molecule has 0 amide bonds. The average Bonchev–Trinajstić information content (AvgIpc) is 2.64. The zero-order valence-electron chi connectivity index (χ0n) is 11.0. The normalized spacial score (nSPS) is 10.7. The Morgan fingerprint density at radius 2 is 2.05 bits per heavy atom. The number of hydrogen-bond acceptors (Lipinski definition) is 3. The molecule has 0 aliphatic rings. The van der Waals surface area contributed by atoms with Crippen LogP contribution in [-0.4, -0.2) is 22.9 Å². The molecule has 0 saturated carbocycles. The van der Waals surface area contributed by atoms with Crippen LogP contribution in [0.1, 0.15) is 22.8 Å². The Kier molecular flexibility index (Phi) is 3.38. The van der Waals surface area contributed by atoms with Gasteiger partial charge < -0.3 is 9.30 Å². The Bertz CT molecular complexity index is 673. The summed E-state index contributed by atoms with van der Waals surface area (Å²) in [7, 11) is 1.73. The Morgan fingerprint density at radius 1 is 1.37 bits per heavy atom. The maximum Gasteiger partial charge on any atom is 0.379 e. The Balaban J connectivity index is 2.55. The minimum atomic E-state index is -0.963. The molecule has 4 nitrogen and oxygen atoms in total. The van der Waals surface area contributed by atoms with Crippen LogP contribution in [0.2, 0.25) is 0 Å². The van der Waals surface area contributed by atoms with E-state index >= 15 is 0 Å². The topological polar surface area (TPSA) is 48.3 Å². The first-order chi connectivity index (χ1) is 8.95. The van der Waals surface area contributed by atoms with Gasteiger partial charge in [0.1, 0.15) is 5.82 Å². The summed E-state index contributed by atoms with van der Waals surface area (Å²) in [5, 5.41) is 0.621. The summed E-state index contributed by atoms with van der Waals surface area (Å²) in [6, 6.07) is 2.59. The lowest BCUT2D eigenvalue weighted by atomic mass is 10.1. The number of halogens is 1. The van der Waals surface area contributed by atoms with Gasteiger partial charge in [0, 0.05) is 24.2 Å². The largest absolute Gasteiger partial charge is 0.460 e. The third-order valence-corrected chi connectivity index (χ3v) is 2.95. The van der Waals surface area contributed by atoms with E-state index in [0.717, 1.165) is 11.6 Å². The molecule has 0 bridgehead atoms. The molecule has 2 aromatic rings. The fourth-order valence-corrected chi connectivity index (χ4v) is 2.13. The van der Waals surface area contributed by atoms with E-state index in [1.807, 2.05) is 6.92 Å². The maximum atomic E-state index is 14.0. The second kappa shape index (κ2) is 4.84. The first kappa shape index (κ1) is 13.3. The van der Waals surface area contributed by atoms with Gasteiger partial charge in [-0.15, -0.1) is 0 Å². The molecular weight excluding hydrogens is 249 g/mol. The standard InChI is InChI=1S/C14H14FNO3/c1-4-19-14(18)13(17)9-5-10-8(2)7-16(3)12(10)11(15)6-9/h5-7H,4H2,1-3H3. The van der Waals surface area contributed by atoms with Gasteiger partial charge in [0.05, 0.1) is 12.1 Å². The Hall–Kier alpha value is -2.17. The van der Waals surface area contributed by atoms with Gasteiger partial charge in [0.25, 0.3) is 5.78 Å². The van der Waals surface area contributed by atoms with Crippen molar-refractivity contribution in [1.29, 1.82) is 0 Å². The molecule has 1 aromatic carbocycles. The molecule has 0 aliphatic carbocycles. The quantitative estimate of drug-likeness (QED) is 0.485. The van der Waals surface area contributed by atoms with Crippen LogP contribution in [0.3, 0.4) is 0 Å². The summed E-state index contributed by atoms with van der Waals surface area (Å²) in [4.78, 5) is 23.2. The number of nitrogens with zero attached hydrogens (tertiary/aromatic N) is 1. The Labute approximate surface area is 109 Å². The first-order valence-corrected chi connectivity index (χ1v) is 5.92. The average molecular weight is 263 g/mol. The molecule has 0 spiro atoms. The number of ketones is 1. The number of carbonyl (C=O) groups is 2. The van der Waals surface area contributed by atoms with Crippen LogP contribution in [0.4, 0.5) is 4.39 Å². The fraction of sp³-hybridized carbons (Fsp3) is 0.286. The summed E-state index contributed by atoms with van der Waals surface area (Å²) >= 11 is 0. The molecule has 1 aromatic heterocycles. The van der Waals surface area contributed by atoms with Crippen LogP contribution in [0.25, 0.3) is 10.9 Å². The highest BCUT2D eigenvalue weighted by atomic mass is 19.1. The van der Waals surface area contributed by atoms with Gasteiger partial charge in [-0.3, -0.25) is 4.79 Å². The minimum absolute atomic E-state index is 0.0118. The van der Waals surface area contributed by atoms with Gasteiger partial charge in [-0.25, -0.2) is 9.18 Å². The molecule has 0 atom stereocenters. The smallest absolute Gasteiger partial charge is 0.379 e. The molecular formula is C14H14FNO3. The van der Waals surface area contributed by atoms with Gasteiger partial charge >= 0.3 is 5.97 Å². The van der Waals surface area contributed by atoms with Crippen LogP contribution < -0.4 is 0 Å². The number of carbonyl (C=O) groups excluding carboxylic acids is 2. The highest BCUT2D eigenvalue weighted by molar-refractivity contribution is 6.40. The lowest BCUT2D eigenvalue weighted by Gasteiger charge is -2.04. The van der Waals surface area contributed by atoms with E-state index in [2.05, 4.69) is 4.74 Å². The molecule has 1 heterocycles. The summed E-state index contributed by atoms with van der Waals surface area (Å²) in [6.07, 6.45) is 1.77. The van der Waals surface area contributed by atoms with E-state index < -0.39 is 17.6 Å². The third-order valence-electron chi connectivity index (χ3n) is 2.95. The van der Waals surface area contributed by atoms with Gasteiger partial charge in [-0.2, -0.15) is 0 Å². The van der Waals surface area contributed by atoms with E-state index in [4.69, 9.17) is 0 Å². The number of aryl methyl sites for hydroxylation is 2. The first-order valence-electron chi connectivity index (χ1n) is 5.92. The van der Waals surface area contributed by atoms with Crippen LogP contribution in [0.15, 0.2) is 18.3 Å². The monoisotopic (exact) mass is 263 g/mol. The summed E-state index contributed by atoms with van der Waals surface area (Å²) in [6.45, 7) is 3.54. The molecule has 0 N–H and O–H groups in total. The fourth-order valence-electron chi connectivity index (χ4n) is 2.13. The minimum Gasteiger partial charge on any atom is -0.460 e. The molecule has 5 heteroatoms. The zero-order valence-corrected chi connectivity index (χ0v) is 11.0. The number of hydrogen-bond donors (Lipinski definition) is 0. The van der Waals surface area contributed by atoms with Crippen LogP contribution in [-0.2, 0) is 16.6 Å². The predicted octanol–water partition coefficient (Wildman–Crippen LogP) is 2.37. The molecule has 0 fully saturated rings. The lowest BCUT2D eigenvalue weighted by Crippen LogP contribution is -2.17. The second-order valence-corrected chi connectivity index (χ2v) is 4.33. The number of esters is 1. The van der Waals surface area contributed by atoms with Crippen molar-refractivity contribution < 1.29 is 18.7 Å². The van der Waals surface area contributed by atoms with Crippen molar-refractivity contribution in [3.05, 3.63) is 35.3 Å². The molecule has 0 unspecified atom stereocenters. The number of benzene rings is 1. The van der Waals surface area contributed by atoms with E-state index in [1.165, 1.54) is 6.07 Å². The van der Waals surface area contributed by atoms with Crippen molar-refractivity contribution in [1.82, 2.24) is 4.57 Å². The number of rotatable bonds is 3. The lowest BCUT2D eigenvalue weighted by molar-refractivity contribution is -0.137. The molecule has 0 saturated heterocycles. The van der Waals surface area contributed by atoms with E-state index in [0.29, 0.717) is 10.9 Å². The van der Waals surface area contributed by atoms with Crippen molar-refractivity contribution in [2.45, 2.75) is 13.8 Å². The highest BCUT2D eigenvalue weighted by Gasteiger charge is 2.20. The number of aromatic nitrogens is 1. The second-order valence-electron chi connectivity index (χ2n) is 4.33. The molecule has 2 rings (SSSR count). The van der Waals surface area contributed by atoms with Gasteiger partial charge in [0.15, 0.2) is 0 Å². The SMILES string of the molecule is CCOC(=O)C(=O)c1cc(F)c2c(c1)c(C)cn2C. The van der Waals surface area contributed by atoms with Crippen LogP contribution in [0.5, 0.6) is 0 Å². The van der Waals surface area contributed by atoms with E-state index in [-0.39, 0.29) is 12.2 Å². The van der Waals surface area contributed by atoms with Crippen LogP contribution >= 0.6 is 0 Å². The molecule has 0 radical (unpaired) electrons. The van der Waals surface area contributed by atoms with Crippen molar-refractivity contribution in [3.63, 3.8) is 0 Å². The van der Waals surface area contributed by atoms with Crippen molar-refractivity contribution in [2.75, 3.05) is 6.61 Å². The van der Waals surface area contributed by atoms with Crippen molar-refractivity contribution in [2.24, 2.45) is 7.05 Å². The number of Topliss-reactive ketones (excluding diaryl/α,β-unsaturated/α-hetero) is 1. The molecule has 0 aliphatic heterocycles. The third kappa shape index (κ3) is 2.23. The van der Waals surface area contributed by atoms with E-state index in [9.17, 15) is 14.0 Å².